The number of carbonyl (C=O) groups excluding carboxylic acids is 1. The topological polar surface area (TPSA) is 71.8 Å². The summed E-state index contributed by atoms with van der Waals surface area (Å²) in [6.45, 7) is 0. The molecule has 1 aromatic carbocycles. The predicted molar refractivity (Wildman–Crippen MR) is 57.4 cm³/mol. The van der Waals surface area contributed by atoms with Crippen molar-refractivity contribution >= 4 is 11.6 Å². The van der Waals surface area contributed by atoms with E-state index >= 15 is 0 Å². The number of nitrogens with one attached hydrogen (secondary N) is 1. The minimum Gasteiger partial charge on any atom is -0.383 e. The molecular formula is C11H9F2N3O. The molecule has 88 valence electrons. The maximum Gasteiger partial charge on any atom is 0.172 e. The molecule has 0 aliphatic heterocycles. The Kier molecular flexibility index (Phi) is 2.86. The van der Waals surface area contributed by atoms with Crippen molar-refractivity contribution in [2.24, 2.45) is 0 Å². The zero-order chi connectivity index (χ0) is 12.4. The average Bonchev–Trinajstić information content (AvgIpc) is 2.62. The van der Waals surface area contributed by atoms with E-state index in [0.717, 1.165) is 18.2 Å². The van der Waals surface area contributed by atoms with E-state index in [-0.39, 0.29) is 29.1 Å². The van der Waals surface area contributed by atoms with Crippen LogP contribution in [0.5, 0.6) is 0 Å². The third-order valence-electron chi connectivity index (χ3n) is 2.26. The Morgan fingerprint density at radius 3 is 2.47 bits per heavy atom. The van der Waals surface area contributed by atoms with Crippen LogP contribution in [0.2, 0.25) is 0 Å². The molecule has 0 radical (unpaired) electrons. The van der Waals surface area contributed by atoms with Crippen molar-refractivity contribution in [2.75, 3.05) is 5.73 Å². The van der Waals surface area contributed by atoms with E-state index in [1.807, 2.05) is 0 Å². The second-order valence-electron chi connectivity index (χ2n) is 3.58. The van der Waals surface area contributed by atoms with E-state index in [1.54, 1.807) is 0 Å². The van der Waals surface area contributed by atoms with Gasteiger partial charge in [-0.15, -0.1) is 0 Å². The van der Waals surface area contributed by atoms with Gasteiger partial charge in [-0.25, -0.2) is 8.78 Å². The molecule has 0 aliphatic rings. The molecule has 1 aromatic heterocycles. The smallest absolute Gasteiger partial charge is 0.172 e. The molecule has 2 rings (SSSR count). The zero-order valence-electron chi connectivity index (χ0n) is 8.71. The molecule has 0 aliphatic carbocycles. The molecule has 0 saturated carbocycles. The number of anilines is 1. The molecule has 0 spiro atoms. The fourth-order valence-electron chi connectivity index (χ4n) is 1.51. The molecule has 0 atom stereocenters. The van der Waals surface area contributed by atoms with Gasteiger partial charge in [0.05, 0.1) is 11.8 Å². The molecular weight excluding hydrogens is 228 g/mol. The summed E-state index contributed by atoms with van der Waals surface area (Å²) < 4.78 is 25.8. The number of H-pyrrole nitrogens is 1. The van der Waals surface area contributed by atoms with Gasteiger partial charge in [0.1, 0.15) is 17.5 Å². The van der Waals surface area contributed by atoms with E-state index in [1.165, 1.54) is 6.20 Å². The number of nitrogen functional groups attached to an aromatic ring is 1. The largest absolute Gasteiger partial charge is 0.383 e. The van der Waals surface area contributed by atoms with Crippen LogP contribution < -0.4 is 5.73 Å². The van der Waals surface area contributed by atoms with Gasteiger partial charge in [0.2, 0.25) is 0 Å². The first kappa shape index (κ1) is 11.3. The highest BCUT2D eigenvalue weighted by Gasteiger charge is 2.13. The Hall–Kier alpha value is -2.24. The van der Waals surface area contributed by atoms with Crippen LogP contribution in [0.4, 0.5) is 14.6 Å². The van der Waals surface area contributed by atoms with Crippen LogP contribution in [0.25, 0.3) is 0 Å². The molecule has 1 heterocycles. The van der Waals surface area contributed by atoms with Crippen LogP contribution in [0.3, 0.4) is 0 Å². The number of ketones is 1. The third-order valence-corrected chi connectivity index (χ3v) is 2.26. The molecule has 0 amide bonds. The number of Topliss-reactive ketones (excluding diaryl/α,β-unsaturated/α-hetero) is 1. The van der Waals surface area contributed by atoms with Gasteiger partial charge in [0, 0.05) is 12.5 Å². The number of rotatable bonds is 3. The Bertz CT molecular complexity index is 545. The number of hydrogen-bond donors (Lipinski definition) is 2. The predicted octanol–water partition coefficient (Wildman–Crippen LogP) is 1.70. The van der Waals surface area contributed by atoms with Gasteiger partial charge < -0.3 is 5.73 Å². The highest BCUT2D eigenvalue weighted by atomic mass is 19.1. The van der Waals surface area contributed by atoms with Gasteiger partial charge in [0.15, 0.2) is 5.78 Å². The highest BCUT2D eigenvalue weighted by Crippen LogP contribution is 2.13. The minimum atomic E-state index is -0.715. The molecule has 0 fully saturated rings. The SMILES string of the molecule is Nc1[nH]ncc1C(=O)Cc1cc(F)cc(F)c1. The zero-order valence-corrected chi connectivity index (χ0v) is 8.71. The first-order chi connectivity index (χ1) is 8.06. The summed E-state index contributed by atoms with van der Waals surface area (Å²) in [6.07, 6.45) is 1.16. The summed E-state index contributed by atoms with van der Waals surface area (Å²) in [4.78, 5) is 11.7. The van der Waals surface area contributed by atoms with Crippen molar-refractivity contribution in [3.05, 3.63) is 47.2 Å². The number of aromatic nitrogens is 2. The van der Waals surface area contributed by atoms with Crippen molar-refractivity contribution in [3.63, 3.8) is 0 Å². The maximum absolute atomic E-state index is 12.9. The summed E-state index contributed by atoms with van der Waals surface area (Å²) >= 11 is 0. The number of carbonyl (C=O) groups is 1. The summed E-state index contributed by atoms with van der Waals surface area (Å²) in [6, 6.07) is 2.97. The second-order valence-corrected chi connectivity index (χ2v) is 3.58. The summed E-state index contributed by atoms with van der Waals surface area (Å²) in [5, 5.41) is 6.02. The summed E-state index contributed by atoms with van der Waals surface area (Å²) in [5.41, 5.74) is 5.94. The Balaban J connectivity index is 2.21. The van der Waals surface area contributed by atoms with Gasteiger partial charge in [-0.1, -0.05) is 0 Å². The number of nitrogens with two attached hydrogens (primary N) is 1. The number of aromatic amines is 1. The second kappa shape index (κ2) is 4.32. The minimum absolute atomic E-state index is 0.127. The van der Waals surface area contributed by atoms with E-state index in [9.17, 15) is 13.6 Å². The maximum atomic E-state index is 12.9. The number of nitrogens with zero attached hydrogens (tertiary/aromatic N) is 1. The van der Waals surface area contributed by atoms with Gasteiger partial charge in [-0.3, -0.25) is 9.89 Å². The Labute approximate surface area is 95.4 Å². The molecule has 6 heteroatoms. The monoisotopic (exact) mass is 237 g/mol. The summed E-state index contributed by atoms with van der Waals surface area (Å²) in [7, 11) is 0. The van der Waals surface area contributed by atoms with Crippen LogP contribution in [-0.2, 0) is 6.42 Å². The van der Waals surface area contributed by atoms with Crippen molar-refractivity contribution < 1.29 is 13.6 Å². The van der Waals surface area contributed by atoms with Crippen LogP contribution >= 0.6 is 0 Å². The Morgan fingerprint density at radius 1 is 1.29 bits per heavy atom. The highest BCUT2D eigenvalue weighted by molar-refractivity contribution is 6.00. The van der Waals surface area contributed by atoms with Crippen molar-refractivity contribution in [1.82, 2.24) is 10.2 Å². The fourth-order valence-corrected chi connectivity index (χ4v) is 1.51. The van der Waals surface area contributed by atoms with E-state index in [0.29, 0.717) is 0 Å². The molecule has 0 saturated heterocycles. The molecule has 3 N–H and O–H groups in total. The molecule has 2 aromatic rings. The van der Waals surface area contributed by atoms with Crippen molar-refractivity contribution in [2.45, 2.75) is 6.42 Å². The van der Waals surface area contributed by atoms with E-state index < -0.39 is 11.6 Å². The normalized spacial score (nSPS) is 10.5. The number of benzene rings is 1. The lowest BCUT2D eigenvalue weighted by Crippen LogP contribution is -2.06. The van der Waals surface area contributed by atoms with E-state index in [4.69, 9.17) is 5.73 Å². The molecule has 17 heavy (non-hydrogen) atoms. The Morgan fingerprint density at radius 2 is 1.94 bits per heavy atom. The lowest BCUT2D eigenvalue weighted by molar-refractivity contribution is 0.0994. The fraction of sp³-hybridized carbons (Fsp3) is 0.0909. The standard InChI is InChI=1S/C11H9F2N3O/c12-7-1-6(2-8(13)4-7)3-10(17)9-5-15-16-11(9)14/h1-2,4-5H,3H2,(H3,14,15,16). The molecule has 4 nitrogen and oxygen atoms in total. The van der Waals surface area contributed by atoms with Crippen LogP contribution in [0, 0.1) is 11.6 Å². The van der Waals surface area contributed by atoms with Crippen molar-refractivity contribution in [3.8, 4) is 0 Å². The molecule has 0 bridgehead atoms. The summed E-state index contributed by atoms with van der Waals surface area (Å²) in [5.74, 6) is -1.63. The number of halogens is 2. The van der Waals surface area contributed by atoms with Gasteiger partial charge in [-0.2, -0.15) is 5.10 Å². The molecule has 0 unspecified atom stereocenters. The van der Waals surface area contributed by atoms with Crippen LogP contribution in [-0.4, -0.2) is 16.0 Å². The third kappa shape index (κ3) is 2.47. The quantitative estimate of drug-likeness (QED) is 0.798. The lowest BCUT2D eigenvalue weighted by atomic mass is 10.0. The average molecular weight is 237 g/mol. The first-order valence-corrected chi connectivity index (χ1v) is 4.83. The van der Waals surface area contributed by atoms with Crippen LogP contribution in [0.15, 0.2) is 24.4 Å². The van der Waals surface area contributed by atoms with Gasteiger partial charge in [0.25, 0.3) is 0 Å². The van der Waals surface area contributed by atoms with E-state index in [2.05, 4.69) is 10.2 Å². The number of hydrogen-bond acceptors (Lipinski definition) is 3. The van der Waals surface area contributed by atoms with Gasteiger partial charge >= 0.3 is 0 Å². The van der Waals surface area contributed by atoms with Crippen molar-refractivity contribution in [1.29, 1.82) is 0 Å². The first-order valence-electron chi connectivity index (χ1n) is 4.83. The van der Waals surface area contributed by atoms with Crippen LogP contribution in [0.1, 0.15) is 15.9 Å². The lowest BCUT2D eigenvalue weighted by Gasteiger charge is -2.01. The van der Waals surface area contributed by atoms with Gasteiger partial charge in [-0.05, 0) is 17.7 Å².